The van der Waals surface area contributed by atoms with E-state index < -0.39 is 0 Å². The Hall–Kier alpha value is -1.39. The van der Waals surface area contributed by atoms with Gasteiger partial charge in [0.15, 0.2) is 0 Å². The van der Waals surface area contributed by atoms with Gasteiger partial charge in [0.05, 0.1) is 19.1 Å². The minimum atomic E-state index is -0.223. The number of fused-ring (bicyclic) bond motifs is 1. The van der Waals surface area contributed by atoms with Crippen LogP contribution < -0.4 is 11.1 Å². The van der Waals surface area contributed by atoms with Gasteiger partial charge >= 0.3 is 0 Å². The molecule has 3 N–H and O–H groups in total. The van der Waals surface area contributed by atoms with E-state index in [0.29, 0.717) is 13.2 Å². The Morgan fingerprint density at radius 1 is 1.26 bits per heavy atom. The molecular formula is C15H20N2O2. The summed E-state index contributed by atoms with van der Waals surface area (Å²) in [4.78, 5) is 12.2. The van der Waals surface area contributed by atoms with Crippen molar-refractivity contribution < 1.29 is 9.53 Å². The highest BCUT2D eigenvalue weighted by Crippen LogP contribution is 2.28. The van der Waals surface area contributed by atoms with Gasteiger partial charge in [0, 0.05) is 11.7 Å². The van der Waals surface area contributed by atoms with Crippen molar-refractivity contribution >= 4 is 11.6 Å². The maximum absolute atomic E-state index is 12.2. The number of anilines is 1. The Labute approximate surface area is 113 Å². The normalized spacial score (nSPS) is 25.9. The highest BCUT2D eigenvalue weighted by atomic mass is 16.5. The Kier molecular flexibility index (Phi) is 3.53. The van der Waals surface area contributed by atoms with Crippen LogP contribution in [0.3, 0.4) is 0 Å². The second-order valence-corrected chi connectivity index (χ2v) is 5.45. The molecule has 1 amide bonds. The first-order valence-electron chi connectivity index (χ1n) is 7.00. The Morgan fingerprint density at radius 2 is 2.11 bits per heavy atom. The number of hydrogen-bond donors (Lipinski definition) is 2. The standard InChI is InChI=1S/C15H20N2O2/c16-13-9-19-8-12(13)15(18)17-14-7-3-5-10-4-1-2-6-11(10)14/h3,5,7,12-13H,1-2,4,6,8-9,16H2,(H,17,18). The van der Waals surface area contributed by atoms with E-state index in [2.05, 4.69) is 11.4 Å². The van der Waals surface area contributed by atoms with Gasteiger partial charge in [-0.3, -0.25) is 4.79 Å². The monoisotopic (exact) mass is 260 g/mol. The molecule has 4 heteroatoms. The third-order valence-corrected chi connectivity index (χ3v) is 4.12. The minimum Gasteiger partial charge on any atom is -0.379 e. The molecule has 2 atom stereocenters. The first kappa shape index (κ1) is 12.6. The zero-order valence-electron chi connectivity index (χ0n) is 11.0. The number of aryl methyl sites for hydroxylation is 1. The lowest BCUT2D eigenvalue weighted by molar-refractivity contribution is -0.120. The maximum atomic E-state index is 12.2. The lowest BCUT2D eigenvalue weighted by Crippen LogP contribution is -2.37. The molecule has 0 spiro atoms. The smallest absolute Gasteiger partial charge is 0.231 e. The van der Waals surface area contributed by atoms with Crippen LogP contribution in [0, 0.1) is 5.92 Å². The molecule has 1 heterocycles. The molecule has 1 aromatic rings. The number of nitrogens with one attached hydrogen (secondary N) is 1. The van der Waals surface area contributed by atoms with Crippen LogP contribution in [0.25, 0.3) is 0 Å². The molecule has 19 heavy (non-hydrogen) atoms. The summed E-state index contributed by atoms with van der Waals surface area (Å²) >= 11 is 0. The van der Waals surface area contributed by atoms with Crippen molar-refractivity contribution in [3.8, 4) is 0 Å². The molecule has 1 fully saturated rings. The zero-order valence-corrected chi connectivity index (χ0v) is 11.0. The van der Waals surface area contributed by atoms with Crippen LogP contribution in [0.1, 0.15) is 24.0 Å². The quantitative estimate of drug-likeness (QED) is 0.846. The number of amides is 1. The topological polar surface area (TPSA) is 64.3 Å². The minimum absolute atomic E-state index is 0.0102. The van der Waals surface area contributed by atoms with E-state index in [1.54, 1.807) is 0 Å². The van der Waals surface area contributed by atoms with Crippen molar-refractivity contribution in [1.82, 2.24) is 0 Å². The van der Waals surface area contributed by atoms with Crippen LogP contribution >= 0.6 is 0 Å². The molecule has 102 valence electrons. The highest BCUT2D eigenvalue weighted by Gasteiger charge is 2.31. The second-order valence-electron chi connectivity index (χ2n) is 5.45. The Balaban J connectivity index is 1.78. The third kappa shape index (κ3) is 2.51. The van der Waals surface area contributed by atoms with E-state index in [1.807, 2.05) is 12.1 Å². The van der Waals surface area contributed by atoms with Gasteiger partial charge in [0.1, 0.15) is 0 Å². The van der Waals surface area contributed by atoms with Crippen LogP contribution in [0.4, 0.5) is 5.69 Å². The van der Waals surface area contributed by atoms with Crippen molar-refractivity contribution in [2.45, 2.75) is 31.7 Å². The number of benzene rings is 1. The van der Waals surface area contributed by atoms with Gasteiger partial charge in [-0.05, 0) is 42.9 Å². The fourth-order valence-corrected chi connectivity index (χ4v) is 2.96. The predicted molar refractivity (Wildman–Crippen MR) is 74.0 cm³/mol. The third-order valence-electron chi connectivity index (χ3n) is 4.12. The van der Waals surface area contributed by atoms with E-state index in [0.717, 1.165) is 18.5 Å². The summed E-state index contributed by atoms with van der Waals surface area (Å²) in [6.07, 6.45) is 4.61. The lowest BCUT2D eigenvalue weighted by Gasteiger charge is -2.21. The van der Waals surface area contributed by atoms with Crippen molar-refractivity contribution in [3.05, 3.63) is 29.3 Å². The summed E-state index contributed by atoms with van der Waals surface area (Å²) in [6.45, 7) is 0.910. The number of carbonyl (C=O) groups is 1. The van der Waals surface area contributed by atoms with Crippen molar-refractivity contribution in [3.63, 3.8) is 0 Å². The Morgan fingerprint density at radius 3 is 2.89 bits per heavy atom. The molecule has 4 nitrogen and oxygen atoms in total. The van der Waals surface area contributed by atoms with Crippen LogP contribution in [0.5, 0.6) is 0 Å². The highest BCUT2D eigenvalue weighted by molar-refractivity contribution is 5.94. The number of carbonyl (C=O) groups excluding carboxylic acids is 1. The molecule has 2 aliphatic rings. The molecule has 0 bridgehead atoms. The molecule has 1 aliphatic heterocycles. The molecule has 1 saturated heterocycles. The van der Waals surface area contributed by atoms with Gasteiger partial charge in [-0.25, -0.2) is 0 Å². The average molecular weight is 260 g/mol. The molecule has 0 saturated carbocycles. The number of rotatable bonds is 2. The van der Waals surface area contributed by atoms with Crippen molar-refractivity contribution in [2.24, 2.45) is 11.7 Å². The van der Waals surface area contributed by atoms with Crippen LogP contribution in [-0.4, -0.2) is 25.2 Å². The second kappa shape index (κ2) is 5.31. The van der Waals surface area contributed by atoms with Gasteiger partial charge in [0.2, 0.25) is 5.91 Å². The fraction of sp³-hybridized carbons (Fsp3) is 0.533. The maximum Gasteiger partial charge on any atom is 0.231 e. The average Bonchev–Trinajstić information content (AvgIpc) is 2.85. The van der Waals surface area contributed by atoms with Gasteiger partial charge in [-0.2, -0.15) is 0 Å². The zero-order chi connectivity index (χ0) is 13.2. The summed E-state index contributed by atoms with van der Waals surface area (Å²) in [5, 5.41) is 3.04. The molecule has 3 rings (SSSR count). The van der Waals surface area contributed by atoms with E-state index in [1.165, 1.54) is 24.0 Å². The molecule has 1 aliphatic carbocycles. The summed E-state index contributed by atoms with van der Waals surface area (Å²) in [7, 11) is 0. The molecule has 0 aromatic heterocycles. The summed E-state index contributed by atoms with van der Waals surface area (Å²) in [5.41, 5.74) is 9.52. The van der Waals surface area contributed by atoms with E-state index in [-0.39, 0.29) is 17.9 Å². The molecule has 2 unspecified atom stereocenters. The van der Waals surface area contributed by atoms with E-state index in [9.17, 15) is 4.79 Å². The summed E-state index contributed by atoms with van der Waals surface area (Å²) < 4.78 is 5.26. The SMILES string of the molecule is NC1COCC1C(=O)Nc1cccc2c1CCCC2. The van der Waals surface area contributed by atoms with Gasteiger partial charge in [-0.1, -0.05) is 12.1 Å². The van der Waals surface area contributed by atoms with E-state index in [4.69, 9.17) is 10.5 Å². The van der Waals surface area contributed by atoms with Crippen LogP contribution in [-0.2, 0) is 22.4 Å². The van der Waals surface area contributed by atoms with Gasteiger partial charge in [-0.15, -0.1) is 0 Å². The molecule has 1 aromatic carbocycles. The number of nitrogens with two attached hydrogens (primary N) is 1. The molecule has 0 radical (unpaired) electrons. The summed E-state index contributed by atoms with van der Waals surface area (Å²) in [6, 6.07) is 5.99. The van der Waals surface area contributed by atoms with Gasteiger partial charge < -0.3 is 15.8 Å². The van der Waals surface area contributed by atoms with E-state index >= 15 is 0 Å². The number of ether oxygens (including phenoxy) is 1. The Bertz CT molecular complexity index is 487. The predicted octanol–water partition coefficient (Wildman–Crippen LogP) is 1.48. The van der Waals surface area contributed by atoms with Crippen LogP contribution in [0.2, 0.25) is 0 Å². The fourth-order valence-electron chi connectivity index (χ4n) is 2.96. The van der Waals surface area contributed by atoms with Gasteiger partial charge in [0.25, 0.3) is 0 Å². The van der Waals surface area contributed by atoms with Crippen molar-refractivity contribution in [2.75, 3.05) is 18.5 Å². The largest absolute Gasteiger partial charge is 0.379 e. The first-order chi connectivity index (χ1) is 9.25. The lowest BCUT2D eigenvalue weighted by atomic mass is 9.90. The first-order valence-corrected chi connectivity index (χ1v) is 7.00. The summed E-state index contributed by atoms with van der Waals surface area (Å²) in [5.74, 6) is -0.233. The molecular weight excluding hydrogens is 240 g/mol. The van der Waals surface area contributed by atoms with Crippen LogP contribution in [0.15, 0.2) is 18.2 Å². The number of hydrogen-bond acceptors (Lipinski definition) is 3. The van der Waals surface area contributed by atoms with Crippen molar-refractivity contribution in [1.29, 1.82) is 0 Å².